The number of nitrogens with zero attached hydrogens (tertiary/aromatic N) is 3. The number of aromatic nitrogens is 2. The molecule has 92 valence electrons. The van der Waals surface area contributed by atoms with Gasteiger partial charge in [0.2, 0.25) is 0 Å². The Hall–Kier alpha value is -2.09. The van der Waals surface area contributed by atoms with Crippen molar-refractivity contribution in [1.29, 1.82) is 5.26 Å². The summed E-state index contributed by atoms with van der Waals surface area (Å²) in [6.07, 6.45) is 1.73. The van der Waals surface area contributed by atoms with Gasteiger partial charge in [-0.05, 0) is 24.3 Å². The molecule has 0 spiro atoms. The fourth-order valence-corrected chi connectivity index (χ4v) is 2.83. The van der Waals surface area contributed by atoms with Gasteiger partial charge in [0, 0.05) is 6.20 Å². The number of thiophene rings is 1. The number of hydrogen-bond donors (Lipinski definition) is 0. The van der Waals surface area contributed by atoms with Crippen LogP contribution in [0.25, 0.3) is 16.3 Å². The smallest absolute Gasteiger partial charge is 0.121 e. The van der Waals surface area contributed by atoms with Crippen molar-refractivity contribution in [2.24, 2.45) is 0 Å². The van der Waals surface area contributed by atoms with Crippen molar-refractivity contribution in [3.8, 4) is 22.3 Å². The minimum atomic E-state index is 0.544. The lowest BCUT2D eigenvalue weighted by atomic mass is 10.2. The molecule has 0 amide bonds. The number of rotatable bonds is 2. The monoisotopic (exact) mass is 285 g/mol. The van der Waals surface area contributed by atoms with E-state index in [2.05, 4.69) is 11.2 Å². The lowest BCUT2D eigenvalue weighted by Gasteiger charge is -1.98. The molecule has 2 heterocycles. The van der Waals surface area contributed by atoms with Crippen LogP contribution in [-0.4, -0.2) is 9.78 Å². The van der Waals surface area contributed by atoms with Gasteiger partial charge in [0.25, 0.3) is 0 Å². The first-order chi connectivity index (χ1) is 9.28. The highest BCUT2D eigenvalue weighted by molar-refractivity contribution is 7.19. The Morgan fingerprint density at radius 1 is 1.16 bits per heavy atom. The summed E-state index contributed by atoms with van der Waals surface area (Å²) in [6.45, 7) is 0. The van der Waals surface area contributed by atoms with Crippen LogP contribution < -0.4 is 0 Å². The predicted molar refractivity (Wildman–Crippen MR) is 76.6 cm³/mol. The molecule has 0 unspecified atom stereocenters. The third kappa shape index (κ3) is 2.26. The molecule has 0 radical (unpaired) electrons. The Morgan fingerprint density at radius 2 is 1.95 bits per heavy atom. The first-order valence-electron chi connectivity index (χ1n) is 5.59. The lowest BCUT2D eigenvalue weighted by Crippen LogP contribution is -1.93. The first kappa shape index (κ1) is 12.0. The molecule has 0 saturated heterocycles. The second-order valence-electron chi connectivity index (χ2n) is 3.89. The van der Waals surface area contributed by atoms with Gasteiger partial charge in [-0.3, -0.25) is 0 Å². The fraction of sp³-hybridized carbons (Fsp3) is 0. The molecule has 3 rings (SSSR count). The van der Waals surface area contributed by atoms with Crippen molar-refractivity contribution in [1.82, 2.24) is 9.78 Å². The van der Waals surface area contributed by atoms with E-state index in [9.17, 15) is 5.26 Å². The molecule has 0 aliphatic heterocycles. The van der Waals surface area contributed by atoms with Crippen LogP contribution in [0.4, 0.5) is 0 Å². The van der Waals surface area contributed by atoms with E-state index < -0.39 is 0 Å². The molecule has 0 aliphatic carbocycles. The third-order valence-corrected chi connectivity index (χ3v) is 3.90. The van der Waals surface area contributed by atoms with E-state index in [0.29, 0.717) is 15.6 Å². The van der Waals surface area contributed by atoms with E-state index in [4.69, 9.17) is 11.6 Å². The normalized spacial score (nSPS) is 10.3. The molecule has 3 aromatic rings. The summed E-state index contributed by atoms with van der Waals surface area (Å²) >= 11 is 7.35. The number of halogens is 1. The average molecular weight is 286 g/mol. The fourth-order valence-electron chi connectivity index (χ4n) is 1.79. The highest BCUT2D eigenvalue weighted by Crippen LogP contribution is 2.32. The Labute approximate surface area is 119 Å². The highest BCUT2D eigenvalue weighted by Gasteiger charge is 2.13. The van der Waals surface area contributed by atoms with E-state index in [1.165, 1.54) is 11.3 Å². The van der Waals surface area contributed by atoms with Gasteiger partial charge in [-0.2, -0.15) is 10.4 Å². The summed E-state index contributed by atoms with van der Waals surface area (Å²) in [5, 5.41) is 13.7. The highest BCUT2D eigenvalue weighted by atomic mass is 35.5. The van der Waals surface area contributed by atoms with E-state index in [0.717, 1.165) is 10.6 Å². The minimum absolute atomic E-state index is 0.544. The van der Waals surface area contributed by atoms with Crippen molar-refractivity contribution in [2.45, 2.75) is 0 Å². The van der Waals surface area contributed by atoms with Gasteiger partial charge in [-0.25, -0.2) is 4.68 Å². The maximum atomic E-state index is 9.22. The van der Waals surface area contributed by atoms with E-state index in [1.54, 1.807) is 10.9 Å². The van der Waals surface area contributed by atoms with E-state index in [-0.39, 0.29) is 0 Å². The summed E-state index contributed by atoms with van der Waals surface area (Å²) in [5.74, 6) is 0. The van der Waals surface area contributed by atoms with Gasteiger partial charge in [-0.1, -0.05) is 29.8 Å². The summed E-state index contributed by atoms with van der Waals surface area (Å²) in [4.78, 5) is 0.899. The van der Waals surface area contributed by atoms with Crippen LogP contribution in [-0.2, 0) is 0 Å². The van der Waals surface area contributed by atoms with Crippen molar-refractivity contribution in [3.63, 3.8) is 0 Å². The SMILES string of the molecule is N#Cc1cn(-c2ccccc2)nc1-c1ccc(Cl)s1. The number of nitriles is 1. The number of para-hydroxylation sites is 1. The molecule has 0 aliphatic rings. The van der Waals surface area contributed by atoms with Crippen molar-refractivity contribution in [2.75, 3.05) is 0 Å². The maximum absolute atomic E-state index is 9.22. The zero-order valence-corrected chi connectivity index (χ0v) is 11.3. The van der Waals surface area contributed by atoms with Crippen LogP contribution in [0.15, 0.2) is 48.7 Å². The molecule has 0 saturated carbocycles. The van der Waals surface area contributed by atoms with Crippen LogP contribution in [0.3, 0.4) is 0 Å². The molecule has 0 bridgehead atoms. The largest absolute Gasteiger partial charge is 0.239 e. The van der Waals surface area contributed by atoms with Gasteiger partial charge in [0.05, 0.1) is 20.5 Å². The predicted octanol–water partition coefficient (Wildman–Crippen LogP) is 4.13. The Bertz CT molecular complexity index is 753. The van der Waals surface area contributed by atoms with Crippen molar-refractivity contribution < 1.29 is 0 Å². The summed E-state index contributed by atoms with van der Waals surface area (Å²) < 4.78 is 2.40. The minimum Gasteiger partial charge on any atom is -0.239 e. The Morgan fingerprint density at radius 3 is 2.58 bits per heavy atom. The molecule has 0 fully saturated rings. The molecule has 19 heavy (non-hydrogen) atoms. The zero-order valence-electron chi connectivity index (χ0n) is 9.75. The quantitative estimate of drug-likeness (QED) is 0.710. The summed E-state index contributed by atoms with van der Waals surface area (Å²) in [7, 11) is 0. The standard InChI is InChI=1S/C14H8ClN3S/c15-13-7-6-12(19-13)14-10(8-16)9-18(17-14)11-4-2-1-3-5-11/h1-7,9H. The first-order valence-corrected chi connectivity index (χ1v) is 6.78. The lowest BCUT2D eigenvalue weighted by molar-refractivity contribution is 0.885. The molecular formula is C14H8ClN3S. The Balaban J connectivity index is 2.12. The van der Waals surface area contributed by atoms with Crippen LogP contribution in [0, 0.1) is 11.3 Å². The molecular weight excluding hydrogens is 278 g/mol. The van der Waals surface area contributed by atoms with Gasteiger partial charge in [0.1, 0.15) is 11.8 Å². The van der Waals surface area contributed by atoms with Crippen LogP contribution >= 0.6 is 22.9 Å². The van der Waals surface area contributed by atoms with E-state index >= 15 is 0 Å². The van der Waals surface area contributed by atoms with Crippen LogP contribution in [0.5, 0.6) is 0 Å². The third-order valence-electron chi connectivity index (χ3n) is 2.66. The second-order valence-corrected chi connectivity index (χ2v) is 5.60. The molecule has 0 atom stereocenters. The van der Waals surface area contributed by atoms with Gasteiger partial charge in [-0.15, -0.1) is 11.3 Å². The second kappa shape index (κ2) is 4.88. The number of hydrogen-bond acceptors (Lipinski definition) is 3. The van der Waals surface area contributed by atoms with E-state index in [1.807, 2.05) is 42.5 Å². The van der Waals surface area contributed by atoms with Gasteiger partial charge < -0.3 is 0 Å². The van der Waals surface area contributed by atoms with Crippen LogP contribution in [0.2, 0.25) is 4.34 Å². The van der Waals surface area contributed by atoms with Crippen molar-refractivity contribution in [3.05, 3.63) is 58.6 Å². The number of benzene rings is 1. The molecule has 5 heteroatoms. The zero-order chi connectivity index (χ0) is 13.2. The summed E-state index contributed by atoms with van der Waals surface area (Å²) in [6, 6.07) is 15.6. The molecule has 1 aromatic carbocycles. The summed E-state index contributed by atoms with van der Waals surface area (Å²) in [5.41, 5.74) is 2.14. The topological polar surface area (TPSA) is 41.6 Å². The van der Waals surface area contributed by atoms with Crippen LogP contribution in [0.1, 0.15) is 5.56 Å². The molecule has 2 aromatic heterocycles. The molecule has 3 nitrogen and oxygen atoms in total. The Kier molecular flexibility index (Phi) is 3.08. The van der Waals surface area contributed by atoms with Gasteiger partial charge >= 0.3 is 0 Å². The van der Waals surface area contributed by atoms with Gasteiger partial charge in [0.15, 0.2) is 0 Å². The maximum Gasteiger partial charge on any atom is 0.121 e. The molecule has 0 N–H and O–H groups in total. The van der Waals surface area contributed by atoms with Crippen molar-refractivity contribution >= 4 is 22.9 Å². The average Bonchev–Trinajstić information content (AvgIpc) is 3.05.